The molecule has 2 rings (SSSR count). The third-order valence-corrected chi connectivity index (χ3v) is 5.36. The Morgan fingerprint density at radius 1 is 1.08 bits per heavy atom. The number of hydrogen-bond donors (Lipinski definition) is 0. The number of alkyl halides is 2. The number of benzene rings is 1. The Hall–Kier alpha value is -1.45. The second-order valence-corrected chi connectivity index (χ2v) is 7.36. The molecule has 1 fully saturated rings. The standard InChI is InChI=1S/C21H30F2O2/c1-4-25-21(24)19(20(22)23)18(16-8-6-5-7-9-16)17-12-10-15(11-13-17)14(2)3/h10-14,16,18-20H,4-9H2,1-3H3. The predicted octanol–water partition coefficient (Wildman–Crippen LogP) is 5.92. The van der Waals surface area contributed by atoms with Gasteiger partial charge in [0.2, 0.25) is 0 Å². The van der Waals surface area contributed by atoms with E-state index in [1.165, 1.54) is 5.56 Å². The molecule has 2 unspecified atom stereocenters. The molecule has 0 amide bonds. The monoisotopic (exact) mass is 352 g/mol. The van der Waals surface area contributed by atoms with Crippen LogP contribution in [0.1, 0.15) is 75.8 Å². The van der Waals surface area contributed by atoms with Gasteiger partial charge in [0.05, 0.1) is 6.61 Å². The van der Waals surface area contributed by atoms with Gasteiger partial charge in [-0.15, -0.1) is 0 Å². The van der Waals surface area contributed by atoms with Crippen LogP contribution in [0.15, 0.2) is 24.3 Å². The van der Waals surface area contributed by atoms with Gasteiger partial charge in [0.1, 0.15) is 5.92 Å². The number of esters is 1. The summed E-state index contributed by atoms with van der Waals surface area (Å²) in [7, 11) is 0. The molecule has 4 heteroatoms. The quantitative estimate of drug-likeness (QED) is 0.570. The fraction of sp³-hybridized carbons (Fsp3) is 0.667. The number of ether oxygens (including phenoxy) is 1. The molecule has 140 valence electrons. The maximum absolute atomic E-state index is 13.9. The Labute approximate surface area is 150 Å². The largest absolute Gasteiger partial charge is 0.466 e. The molecule has 1 aromatic rings. The van der Waals surface area contributed by atoms with Gasteiger partial charge in [0.25, 0.3) is 6.43 Å². The van der Waals surface area contributed by atoms with Gasteiger partial charge in [-0.1, -0.05) is 57.4 Å². The van der Waals surface area contributed by atoms with E-state index in [1.807, 2.05) is 24.3 Å². The lowest BCUT2D eigenvalue weighted by molar-refractivity contribution is -0.156. The summed E-state index contributed by atoms with van der Waals surface area (Å²) in [6.45, 7) is 6.00. The van der Waals surface area contributed by atoms with E-state index in [1.54, 1.807) is 6.92 Å². The summed E-state index contributed by atoms with van der Waals surface area (Å²) < 4.78 is 32.7. The topological polar surface area (TPSA) is 26.3 Å². The van der Waals surface area contributed by atoms with Gasteiger partial charge in [-0.25, -0.2) is 8.78 Å². The van der Waals surface area contributed by atoms with E-state index in [-0.39, 0.29) is 12.5 Å². The molecule has 0 aromatic heterocycles. The molecule has 25 heavy (non-hydrogen) atoms. The van der Waals surface area contributed by atoms with Gasteiger partial charge >= 0.3 is 5.97 Å². The summed E-state index contributed by atoms with van der Waals surface area (Å²) in [5, 5.41) is 0. The highest BCUT2D eigenvalue weighted by Gasteiger charge is 2.42. The molecule has 0 saturated heterocycles. The maximum Gasteiger partial charge on any atom is 0.315 e. The molecule has 1 aliphatic rings. The van der Waals surface area contributed by atoms with E-state index in [0.717, 1.165) is 37.7 Å². The molecule has 0 heterocycles. The van der Waals surface area contributed by atoms with Gasteiger partial charge in [-0.3, -0.25) is 4.79 Å². The molecule has 1 aromatic carbocycles. The molecule has 1 aliphatic carbocycles. The maximum atomic E-state index is 13.9. The highest BCUT2D eigenvalue weighted by atomic mass is 19.3. The Kier molecular flexibility index (Phi) is 7.39. The molecule has 0 aliphatic heterocycles. The van der Waals surface area contributed by atoms with Crippen LogP contribution in [0.3, 0.4) is 0 Å². The summed E-state index contributed by atoms with van der Waals surface area (Å²) in [6.07, 6.45) is 2.33. The summed E-state index contributed by atoms with van der Waals surface area (Å²) in [5.41, 5.74) is 2.02. The van der Waals surface area contributed by atoms with Crippen molar-refractivity contribution < 1.29 is 18.3 Å². The van der Waals surface area contributed by atoms with Crippen molar-refractivity contribution in [3.05, 3.63) is 35.4 Å². The SMILES string of the molecule is CCOC(=O)C(C(F)F)C(c1ccc(C(C)C)cc1)C1CCCCC1. The number of hydrogen-bond acceptors (Lipinski definition) is 2. The Bertz CT molecular complexity index is 533. The molecular weight excluding hydrogens is 322 g/mol. The Morgan fingerprint density at radius 2 is 1.64 bits per heavy atom. The molecule has 1 saturated carbocycles. The third-order valence-electron chi connectivity index (χ3n) is 5.36. The first-order valence-corrected chi connectivity index (χ1v) is 9.50. The van der Waals surface area contributed by atoms with Gasteiger partial charge in [-0.2, -0.15) is 0 Å². The minimum atomic E-state index is -2.71. The van der Waals surface area contributed by atoms with Crippen LogP contribution in [-0.4, -0.2) is 19.0 Å². The zero-order chi connectivity index (χ0) is 18.4. The molecule has 0 bridgehead atoms. The van der Waals surface area contributed by atoms with Crippen molar-refractivity contribution in [1.29, 1.82) is 0 Å². The summed E-state index contributed by atoms with van der Waals surface area (Å²) in [6, 6.07) is 7.87. The van der Waals surface area contributed by atoms with E-state index in [2.05, 4.69) is 13.8 Å². The van der Waals surface area contributed by atoms with Crippen molar-refractivity contribution in [1.82, 2.24) is 0 Å². The van der Waals surface area contributed by atoms with Crippen molar-refractivity contribution in [2.24, 2.45) is 11.8 Å². The molecule has 2 atom stereocenters. The lowest BCUT2D eigenvalue weighted by atomic mass is 9.70. The van der Waals surface area contributed by atoms with Gasteiger partial charge in [-0.05, 0) is 42.7 Å². The van der Waals surface area contributed by atoms with Crippen LogP contribution in [0.5, 0.6) is 0 Å². The zero-order valence-corrected chi connectivity index (χ0v) is 15.5. The molecule has 2 nitrogen and oxygen atoms in total. The van der Waals surface area contributed by atoms with Gasteiger partial charge < -0.3 is 4.74 Å². The number of halogens is 2. The second-order valence-electron chi connectivity index (χ2n) is 7.36. The van der Waals surface area contributed by atoms with E-state index in [0.29, 0.717) is 5.92 Å². The Balaban J connectivity index is 2.38. The number of carbonyl (C=O) groups is 1. The first-order valence-electron chi connectivity index (χ1n) is 9.50. The van der Waals surface area contributed by atoms with Crippen LogP contribution in [0.4, 0.5) is 8.78 Å². The van der Waals surface area contributed by atoms with Crippen molar-refractivity contribution in [3.63, 3.8) is 0 Å². The van der Waals surface area contributed by atoms with Crippen molar-refractivity contribution in [3.8, 4) is 0 Å². The van der Waals surface area contributed by atoms with E-state index in [4.69, 9.17) is 4.74 Å². The van der Waals surface area contributed by atoms with Crippen molar-refractivity contribution in [2.75, 3.05) is 6.61 Å². The van der Waals surface area contributed by atoms with Crippen molar-refractivity contribution in [2.45, 2.75) is 71.1 Å². The zero-order valence-electron chi connectivity index (χ0n) is 15.5. The lowest BCUT2D eigenvalue weighted by Crippen LogP contribution is -2.35. The van der Waals surface area contributed by atoms with Crippen LogP contribution in [-0.2, 0) is 9.53 Å². The van der Waals surface area contributed by atoms with Crippen LogP contribution in [0.2, 0.25) is 0 Å². The average Bonchev–Trinajstić information content (AvgIpc) is 2.60. The highest BCUT2D eigenvalue weighted by Crippen LogP contribution is 2.43. The van der Waals surface area contributed by atoms with Crippen LogP contribution >= 0.6 is 0 Å². The van der Waals surface area contributed by atoms with E-state index >= 15 is 0 Å². The molecule has 0 spiro atoms. The fourth-order valence-electron chi connectivity index (χ4n) is 4.01. The first-order chi connectivity index (χ1) is 12.0. The second kappa shape index (κ2) is 9.30. The molecule has 0 radical (unpaired) electrons. The normalized spacial score (nSPS) is 18.4. The number of rotatable bonds is 7. The Morgan fingerprint density at radius 3 is 2.12 bits per heavy atom. The highest BCUT2D eigenvalue weighted by molar-refractivity contribution is 5.74. The van der Waals surface area contributed by atoms with E-state index < -0.39 is 24.2 Å². The van der Waals surface area contributed by atoms with Crippen molar-refractivity contribution >= 4 is 5.97 Å². The van der Waals surface area contributed by atoms with Crippen LogP contribution in [0.25, 0.3) is 0 Å². The predicted molar refractivity (Wildman–Crippen MR) is 96.0 cm³/mol. The first kappa shape index (κ1) is 19.9. The minimum absolute atomic E-state index is 0.113. The van der Waals surface area contributed by atoms with Crippen LogP contribution < -0.4 is 0 Å². The van der Waals surface area contributed by atoms with Gasteiger partial charge in [0, 0.05) is 5.92 Å². The fourth-order valence-corrected chi connectivity index (χ4v) is 4.01. The molecular formula is C21H30F2O2. The summed E-state index contributed by atoms with van der Waals surface area (Å²) in [4.78, 5) is 12.3. The number of carbonyl (C=O) groups excluding carboxylic acids is 1. The minimum Gasteiger partial charge on any atom is -0.466 e. The van der Waals surface area contributed by atoms with E-state index in [9.17, 15) is 13.6 Å². The summed E-state index contributed by atoms with van der Waals surface area (Å²) >= 11 is 0. The smallest absolute Gasteiger partial charge is 0.315 e. The molecule has 0 N–H and O–H groups in total. The van der Waals surface area contributed by atoms with Gasteiger partial charge in [0.15, 0.2) is 0 Å². The lowest BCUT2D eigenvalue weighted by Gasteiger charge is -2.35. The third kappa shape index (κ3) is 5.02. The van der Waals surface area contributed by atoms with Crippen LogP contribution in [0, 0.1) is 11.8 Å². The summed E-state index contributed by atoms with van der Waals surface area (Å²) in [5.74, 6) is -2.12. The average molecular weight is 352 g/mol.